The molecule has 36 heavy (non-hydrogen) atoms. The van der Waals surface area contributed by atoms with Gasteiger partial charge >= 0.3 is 0 Å². The third kappa shape index (κ3) is 5.43. The summed E-state index contributed by atoms with van der Waals surface area (Å²) in [6.45, 7) is 6.75. The highest BCUT2D eigenvalue weighted by Crippen LogP contribution is 2.22. The summed E-state index contributed by atoms with van der Waals surface area (Å²) in [6.07, 6.45) is 6.94. The van der Waals surface area contributed by atoms with E-state index >= 15 is 0 Å². The first kappa shape index (κ1) is 24.4. The lowest BCUT2D eigenvalue weighted by Crippen LogP contribution is -2.46. The Morgan fingerprint density at radius 3 is 2.61 bits per heavy atom. The summed E-state index contributed by atoms with van der Waals surface area (Å²) in [5.41, 5.74) is 2.20. The van der Waals surface area contributed by atoms with Crippen molar-refractivity contribution in [3.8, 4) is 0 Å². The largest absolute Gasteiger partial charge is 0.355 e. The third-order valence-electron chi connectivity index (χ3n) is 7.67. The first-order valence-corrected chi connectivity index (χ1v) is 13.3. The van der Waals surface area contributed by atoms with E-state index in [4.69, 9.17) is 4.98 Å². The second-order valence-corrected chi connectivity index (χ2v) is 10.1. The van der Waals surface area contributed by atoms with Gasteiger partial charge in [0.2, 0.25) is 5.91 Å². The van der Waals surface area contributed by atoms with E-state index in [-0.39, 0.29) is 17.4 Å². The van der Waals surface area contributed by atoms with Crippen LogP contribution in [0, 0.1) is 5.92 Å². The number of nitrogens with one attached hydrogen (secondary N) is 1. The molecule has 2 aliphatic heterocycles. The first-order chi connectivity index (χ1) is 17.6. The lowest BCUT2D eigenvalue weighted by atomic mass is 9.96. The number of amides is 1. The van der Waals surface area contributed by atoms with Crippen molar-refractivity contribution in [1.29, 1.82) is 0 Å². The molecule has 1 atom stereocenters. The van der Waals surface area contributed by atoms with Crippen LogP contribution in [0.25, 0.3) is 11.2 Å². The molecule has 1 aromatic carbocycles. The number of nitrogens with zero attached hydrogens (tertiary/aromatic N) is 5. The van der Waals surface area contributed by atoms with E-state index in [1.165, 1.54) is 19.3 Å². The van der Waals surface area contributed by atoms with Crippen LogP contribution in [0.5, 0.6) is 0 Å². The second-order valence-electron chi connectivity index (χ2n) is 10.1. The van der Waals surface area contributed by atoms with Crippen molar-refractivity contribution in [3.63, 3.8) is 0 Å². The second kappa shape index (κ2) is 11.2. The number of benzene rings is 1. The minimum atomic E-state index is -0.136. The standard InChI is InChI=1S/C28H36N6O2/c1-21-8-5-6-16-32(21)19-15-30-27(35)23-12-17-33(18-13-23)26-28(36)34(20-22-9-3-2-4-10-22)25-24(31-26)11-7-14-29-25/h2-4,7,9-11,14,21,23H,5-6,8,12-13,15-20H2,1H3,(H,30,35)/t21-/m0/s1. The van der Waals surface area contributed by atoms with Gasteiger partial charge in [0.15, 0.2) is 11.5 Å². The Labute approximate surface area is 212 Å². The van der Waals surface area contributed by atoms with Crippen LogP contribution >= 0.6 is 0 Å². The summed E-state index contributed by atoms with van der Waals surface area (Å²) in [5.74, 6) is 0.564. The van der Waals surface area contributed by atoms with Gasteiger partial charge in [0.1, 0.15) is 5.52 Å². The van der Waals surface area contributed by atoms with E-state index in [1.807, 2.05) is 47.4 Å². The van der Waals surface area contributed by atoms with Crippen LogP contribution in [-0.2, 0) is 11.3 Å². The number of carbonyl (C=O) groups excluding carboxylic acids is 1. The molecule has 0 saturated carbocycles. The van der Waals surface area contributed by atoms with Crippen LogP contribution in [0.2, 0.25) is 0 Å². The summed E-state index contributed by atoms with van der Waals surface area (Å²) in [7, 11) is 0. The number of likely N-dealkylation sites (tertiary alicyclic amines) is 1. The smallest absolute Gasteiger partial charge is 0.295 e. The Balaban J connectivity index is 1.24. The van der Waals surface area contributed by atoms with Crippen LogP contribution in [0.3, 0.4) is 0 Å². The number of piperidine rings is 2. The predicted molar refractivity (Wildman–Crippen MR) is 142 cm³/mol. The Morgan fingerprint density at radius 1 is 1.03 bits per heavy atom. The molecular weight excluding hydrogens is 452 g/mol. The Morgan fingerprint density at radius 2 is 1.83 bits per heavy atom. The molecule has 4 heterocycles. The fraction of sp³-hybridized carbons (Fsp3) is 0.500. The van der Waals surface area contributed by atoms with Crippen molar-refractivity contribution in [2.45, 2.75) is 51.6 Å². The van der Waals surface area contributed by atoms with Gasteiger partial charge in [0, 0.05) is 44.3 Å². The molecule has 2 aliphatic rings. The SMILES string of the molecule is C[C@H]1CCCCN1CCNC(=O)C1CCN(c2nc3cccnc3n(Cc3ccccc3)c2=O)CC1. The molecule has 0 aliphatic carbocycles. The molecular formula is C28H36N6O2. The Hall–Kier alpha value is -3.26. The third-order valence-corrected chi connectivity index (χ3v) is 7.67. The maximum atomic E-state index is 13.6. The topological polar surface area (TPSA) is 83.4 Å². The van der Waals surface area contributed by atoms with Crippen molar-refractivity contribution in [3.05, 3.63) is 64.6 Å². The van der Waals surface area contributed by atoms with Crippen LogP contribution in [0.15, 0.2) is 53.5 Å². The number of hydrogen-bond acceptors (Lipinski definition) is 6. The molecule has 1 amide bonds. The van der Waals surface area contributed by atoms with Crippen molar-refractivity contribution in [2.24, 2.45) is 5.92 Å². The van der Waals surface area contributed by atoms with Gasteiger partial charge in [0.25, 0.3) is 5.56 Å². The quantitative estimate of drug-likeness (QED) is 0.551. The summed E-state index contributed by atoms with van der Waals surface area (Å²) in [4.78, 5) is 40.1. The molecule has 3 aromatic rings. The van der Waals surface area contributed by atoms with E-state index in [1.54, 1.807) is 10.8 Å². The van der Waals surface area contributed by atoms with E-state index in [9.17, 15) is 9.59 Å². The fourth-order valence-electron chi connectivity index (χ4n) is 5.49. The lowest BCUT2D eigenvalue weighted by Gasteiger charge is -2.34. The highest BCUT2D eigenvalue weighted by Gasteiger charge is 2.28. The molecule has 0 unspecified atom stereocenters. The molecule has 8 nitrogen and oxygen atoms in total. The Bertz CT molecular complexity index is 1240. The number of fused-ring (bicyclic) bond motifs is 1. The highest BCUT2D eigenvalue weighted by atomic mass is 16.2. The summed E-state index contributed by atoms with van der Waals surface area (Å²) < 4.78 is 1.72. The van der Waals surface area contributed by atoms with Gasteiger partial charge in [-0.25, -0.2) is 9.97 Å². The van der Waals surface area contributed by atoms with Crippen LogP contribution < -0.4 is 15.8 Å². The van der Waals surface area contributed by atoms with Gasteiger partial charge in [-0.1, -0.05) is 36.8 Å². The molecule has 0 bridgehead atoms. The first-order valence-electron chi connectivity index (χ1n) is 13.3. The lowest BCUT2D eigenvalue weighted by molar-refractivity contribution is -0.125. The predicted octanol–water partition coefficient (Wildman–Crippen LogP) is 3.05. The Kier molecular flexibility index (Phi) is 7.60. The van der Waals surface area contributed by atoms with E-state index in [0.29, 0.717) is 49.2 Å². The number of hydrogen-bond donors (Lipinski definition) is 1. The van der Waals surface area contributed by atoms with Gasteiger partial charge in [-0.3, -0.25) is 19.1 Å². The van der Waals surface area contributed by atoms with E-state index in [0.717, 1.165) is 31.5 Å². The average Bonchev–Trinajstić information content (AvgIpc) is 2.92. The fourth-order valence-corrected chi connectivity index (χ4v) is 5.49. The number of aromatic nitrogens is 3. The molecule has 5 rings (SSSR count). The molecule has 8 heteroatoms. The van der Waals surface area contributed by atoms with Gasteiger partial charge < -0.3 is 10.2 Å². The zero-order chi connectivity index (χ0) is 24.9. The zero-order valence-corrected chi connectivity index (χ0v) is 21.1. The number of anilines is 1. The van der Waals surface area contributed by atoms with Gasteiger partial charge in [-0.15, -0.1) is 0 Å². The number of rotatable bonds is 7. The van der Waals surface area contributed by atoms with Crippen molar-refractivity contribution in [1.82, 2.24) is 24.8 Å². The van der Waals surface area contributed by atoms with Crippen molar-refractivity contribution < 1.29 is 4.79 Å². The van der Waals surface area contributed by atoms with Crippen molar-refractivity contribution >= 4 is 22.9 Å². The minimum absolute atomic E-state index is 0.0197. The van der Waals surface area contributed by atoms with Gasteiger partial charge in [-0.05, 0) is 56.8 Å². The monoisotopic (exact) mass is 488 g/mol. The zero-order valence-electron chi connectivity index (χ0n) is 21.1. The number of pyridine rings is 1. The van der Waals surface area contributed by atoms with Crippen molar-refractivity contribution in [2.75, 3.05) is 37.6 Å². The van der Waals surface area contributed by atoms with Gasteiger partial charge in [-0.2, -0.15) is 0 Å². The maximum Gasteiger partial charge on any atom is 0.295 e. The molecule has 0 spiro atoms. The van der Waals surface area contributed by atoms with Crippen LogP contribution in [0.4, 0.5) is 5.82 Å². The molecule has 1 N–H and O–H groups in total. The number of carbonyl (C=O) groups is 1. The summed E-state index contributed by atoms with van der Waals surface area (Å²) in [5, 5.41) is 3.16. The maximum absolute atomic E-state index is 13.6. The normalized spacial score (nSPS) is 19.5. The molecule has 190 valence electrons. The molecule has 2 saturated heterocycles. The van der Waals surface area contributed by atoms with Crippen LogP contribution in [-0.4, -0.2) is 64.1 Å². The summed E-state index contributed by atoms with van der Waals surface area (Å²) in [6, 6.07) is 14.3. The van der Waals surface area contributed by atoms with E-state index in [2.05, 4.69) is 22.1 Å². The summed E-state index contributed by atoms with van der Waals surface area (Å²) >= 11 is 0. The van der Waals surface area contributed by atoms with Gasteiger partial charge in [0.05, 0.1) is 6.54 Å². The van der Waals surface area contributed by atoms with E-state index < -0.39 is 0 Å². The molecule has 0 radical (unpaired) electrons. The highest BCUT2D eigenvalue weighted by molar-refractivity contribution is 5.79. The molecule has 2 fully saturated rings. The van der Waals surface area contributed by atoms with Crippen LogP contribution in [0.1, 0.15) is 44.6 Å². The average molecular weight is 489 g/mol. The molecule has 2 aromatic heterocycles. The minimum Gasteiger partial charge on any atom is -0.355 e.